The van der Waals surface area contributed by atoms with Crippen molar-refractivity contribution in [3.63, 3.8) is 0 Å². The van der Waals surface area contributed by atoms with Crippen LogP contribution in [-0.4, -0.2) is 13.0 Å². The molecule has 0 radical (unpaired) electrons. The fourth-order valence-corrected chi connectivity index (χ4v) is 1.84. The van der Waals surface area contributed by atoms with Gasteiger partial charge in [0.15, 0.2) is 0 Å². The van der Waals surface area contributed by atoms with Gasteiger partial charge < -0.3 is 5.32 Å². The summed E-state index contributed by atoms with van der Waals surface area (Å²) >= 11 is 0. The number of hydrogen-bond donors (Lipinski definition) is 1. The Bertz CT molecular complexity index is 505. The predicted molar refractivity (Wildman–Crippen MR) is 69.6 cm³/mol. The molecule has 2 aromatic carbocycles. The number of carbonyl (C=O) groups is 1. The van der Waals surface area contributed by atoms with Crippen molar-refractivity contribution in [2.45, 2.75) is 6.42 Å². The minimum Gasteiger partial charge on any atom is -0.359 e. The molecule has 17 heavy (non-hydrogen) atoms. The SMILES string of the molecule is CNC(=O)Cc1ccccc1-c1ccccc1. The summed E-state index contributed by atoms with van der Waals surface area (Å²) in [5, 5.41) is 2.65. The maximum absolute atomic E-state index is 11.5. The first-order valence-corrected chi connectivity index (χ1v) is 5.65. The summed E-state index contributed by atoms with van der Waals surface area (Å²) in [5.74, 6) is 0.0355. The van der Waals surface area contributed by atoms with Crippen LogP contribution < -0.4 is 5.32 Å². The number of likely N-dealkylation sites (N-methyl/N-ethyl adjacent to an activating group) is 1. The molecule has 2 nitrogen and oxygen atoms in total. The van der Waals surface area contributed by atoms with Crippen LogP contribution in [0.5, 0.6) is 0 Å². The Labute approximate surface area is 101 Å². The van der Waals surface area contributed by atoms with Gasteiger partial charge >= 0.3 is 0 Å². The molecule has 0 atom stereocenters. The minimum absolute atomic E-state index is 0.0355. The lowest BCUT2D eigenvalue weighted by Gasteiger charge is -2.08. The summed E-state index contributed by atoms with van der Waals surface area (Å²) in [6, 6.07) is 18.1. The molecule has 0 bridgehead atoms. The van der Waals surface area contributed by atoms with Gasteiger partial charge in [-0.2, -0.15) is 0 Å². The molecule has 0 saturated heterocycles. The molecule has 0 spiro atoms. The van der Waals surface area contributed by atoms with Gasteiger partial charge in [0.2, 0.25) is 5.91 Å². The van der Waals surface area contributed by atoms with Crippen LogP contribution in [0.3, 0.4) is 0 Å². The topological polar surface area (TPSA) is 29.1 Å². The summed E-state index contributed by atoms with van der Waals surface area (Å²) in [4.78, 5) is 11.5. The van der Waals surface area contributed by atoms with Gasteiger partial charge in [-0.15, -0.1) is 0 Å². The van der Waals surface area contributed by atoms with Crippen molar-refractivity contribution in [1.82, 2.24) is 5.32 Å². The zero-order chi connectivity index (χ0) is 12.1. The fraction of sp³-hybridized carbons (Fsp3) is 0.133. The van der Waals surface area contributed by atoms with Gasteiger partial charge in [-0.1, -0.05) is 54.6 Å². The average Bonchev–Trinajstić information content (AvgIpc) is 2.40. The third-order valence-electron chi connectivity index (χ3n) is 2.73. The van der Waals surface area contributed by atoms with Gasteiger partial charge in [0, 0.05) is 7.05 Å². The highest BCUT2D eigenvalue weighted by atomic mass is 16.1. The van der Waals surface area contributed by atoms with Crippen LogP contribution in [0.1, 0.15) is 5.56 Å². The van der Waals surface area contributed by atoms with E-state index in [1.54, 1.807) is 7.05 Å². The highest BCUT2D eigenvalue weighted by molar-refractivity contribution is 5.81. The van der Waals surface area contributed by atoms with E-state index in [0.717, 1.165) is 16.7 Å². The summed E-state index contributed by atoms with van der Waals surface area (Å²) < 4.78 is 0. The van der Waals surface area contributed by atoms with E-state index in [9.17, 15) is 4.79 Å². The van der Waals surface area contributed by atoms with Crippen LogP contribution in [0.4, 0.5) is 0 Å². The molecule has 0 saturated carbocycles. The number of benzene rings is 2. The molecular formula is C15H15NO. The molecule has 0 heterocycles. The third kappa shape index (κ3) is 2.72. The molecule has 1 N–H and O–H groups in total. The van der Waals surface area contributed by atoms with E-state index in [0.29, 0.717) is 6.42 Å². The van der Waals surface area contributed by atoms with Crippen molar-refractivity contribution < 1.29 is 4.79 Å². The Morgan fingerprint density at radius 2 is 1.65 bits per heavy atom. The van der Waals surface area contributed by atoms with Gasteiger partial charge in [-0.05, 0) is 16.7 Å². The molecule has 0 aliphatic heterocycles. The van der Waals surface area contributed by atoms with Crippen LogP contribution in [-0.2, 0) is 11.2 Å². The van der Waals surface area contributed by atoms with Crippen molar-refractivity contribution >= 4 is 5.91 Å². The molecule has 2 aromatic rings. The molecular weight excluding hydrogens is 210 g/mol. The Hall–Kier alpha value is -2.09. The van der Waals surface area contributed by atoms with E-state index >= 15 is 0 Å². The molecule has 2 heteroatoms. The van der Waals surface area contributed by atoms with Gasteiger partial charge in [-0.25, -0.2) is 0 Å². The van der Waals surface area contributed by atoms with E-state index < -0.39 is 0 Å². The lowest BCUT2D eigenvalue weighted by Crippen LogP contribution is -2.20. The molecule has 2 rings (SSSR count). The third-order valence-corrected chi connectivity index (χ3v) is 2.73. The van der Waals surface area contributed by atoms with E-state index in [-0.39, 0.29) is 5.91 Å². The van der Waals surface area contributed by atoms with Crippen LogP contribution in [0.2, 0.25) is 0 Å². The Morgan fingerprint density at radius 1 is 1.00 bits per heavy atom. The summed E-state index contributed by atoms with van der Waals surface area (Å²) in [7, 11) is 1.66. The first kappa shape index (κ1) is 11.4. The molecule has 0 fully saturated rings. The van der Waals surface area contributed by atoms with Crippen molar-refractivity contribution in [3.8, 4) is 11.1 Å². The highest BCUT2D eigenvalue weighted by Gasteiger charge is 2.07. The van der Waals surface area contributed by atoms with E-state index in [1.807, 2.05) is 42.5 Å². The van der Waals surface area contributed by atoms with Gasteiger partial charge in [-0.3, -0.25) is 4.79 Å². The van der Waals surface area contributed by atoms with Crippen LogP contribution >= 0.6 is 0 Å². The smallest absolute Gasteiger partial charge is 0.224 e. The number of rotatable bonds is 3. The molecule has 86 valence electrons. The van der Waals surface area contributed by atoms with E-state index in [4.69, 9.17) is 0 Å². The van der Waals surface area contributed by atoms with Crippen molar-refractivity contribution in [3.05, 3.63) is 60.2 Å². The monoisotopic (exact) mass is 225 g/mol. The van der Waals surface area contributed by atoms with Crippen LogP contribution in [0.15, 0.2) is 54.6 Å². The summed E-state index contributed by atoms with van der Waals surface area (Å²) in [5.41, 5.74) is 3.32. The van der Waals surface area contributed by atoms with Gasteiger partial charge in [0.1, 0.15) is 0 Å². The normalized spacial score (nSPS) is 9.94. The number of nitrogens with one attached hydrogen (secondary N) is 1. The summed E-state index contributed by atoms with van der Waals surface area (Å²) in [6.07, 6.45) is 0.418. The van der Waals surface area contributed by atoms with E-state index in [2.05, 4.69) is 17.4 Å². The molecule has 0 unspecified atom stereocenters. The second kappa shape index (κ2) is 5.30. The summed E-state index contributed by atoms with van der Waals surface area (Å²) in [6.45, 7) is 0. The Kier molecular flexibility index (Phi) is 3.55. The largest absolute Gasteiger partial charge is 0.359 e. The van der Waals surface area contributed by atoms with E-state index in [1.165, 1.54) is 0 Å². The zero-order valence-corrected chi connectivity index (χ0v) is 9.81. The van der Waals surface area contributed by atoms with Crippen molar-refractivity contribution in [2.75, 3.05) is 7.05 Å². The maximum atomic E-state index is 11.5. The first-order chi connectivity index (χ1) is 8.31. The fourth-order valence-electron chi connectivity index (χ4n) is 1.84. The van der Waals surface area contributed by atoms with Crippen LogP contribution in [0, 0.1) is 0 Å². The van der Waals surface area contributed by atoms with Crippen molar-refractivity contribution in [1.29, 1.82) is 0 Å². The zero-order valence-electron chi connectivity index (χ0n) is 9.81. The second-order valence-corrected chi connectivity index (χ2v) is 3.87. The molecule has 0 aliphatic carbocycles. The lowest BCUT2D eigenvalue weighted by atomic mass is 9.97. The molecule has 1 amide bonds. The minimum atomic E-state index is 0.0355. The van der Waals surface area contributed by atoms with Gasteiger partial charge in [0.05, 0.1) is 6.42 Å². The van der Waals surface area contributed by atoms with Crippen LogP contribution in [0.25, 0.3) is 11.1 Å². The van der Waals surface area contributed by atoms with Gasteiger partial charge in [0.25, 0.3) is 0 Å². The number of carbonyl (C=O) groups excluding carboxylic acids is 1. The Balaban J connectivity index is 2.38. The Morgan fingerprint density at radius 3 is 2.35 bits per heavy atom. The highest BCUT2D eigenvalue weighted by Crippen LogP contribution is 2.23. The lowest BCUT2D eigenvalue weighted by molar-refractivity contribution is -0.119. The number of amides is 1. The first-order valence-electron chi connectivity index (χ1n) is 5.65. The standard InChI is InChI=1S/C15H15NO/c1-16-15(17)11-13-9-5-6-10-14(13)12-7-3-2-4-8-12/h2-10H,11H2,1H3,(H,16,17). The quantitative estimate of drug-likeness (QED) is 0.854. The number of hydrogen-bond acceptors (Lipinski definition) is 1. The second-order valence-electron chi connectivity index (χ2n) is 3.87. The molecule has 0 aromatic heterocycles. The van der Waals surface area contributed by atoms with Crippen molar-refractivity contribution in [2.24, 2.45) is 0 Å². The predicted octanol–water partition coefficient (Wildman–Crippen LogP) is 2.64. The molecule has 0 aliphatic rings. The maximum Gasteiger partial charge on any atom is 0.224 e. The average molecular weight is 225 g/mol.